The number of morpholine rings is 1. The molecule has 3 aromatic carbocycles. The van der Waals surface area contributed by atoms with Crippen LogP contribution in [0.1, 0.15) is 48.5 Å². The largest absolute Gasteiger partial charge is 0.569 e. The second kappa shape index (κ2) is 17.2. The highest BCUT2D eigenvalue weighted by atomic mass is 16.7. The van der Waals surface area contributed by atoms with Gasteiger partial charge in [0.25, 0.3) is 0 Å². The van der Waals surface area contributed by atoms with Crippen LogP contribution < -0.4 is 19.0 Å². The van der Waals surface area contributed by atoms with Gasteiger partial charge >= 0.3 is 11.4 Å². The molecule has 48 heavy (non-hydrogen) atoms. The van der Waals surface area contributed by atoms with Crippen LogP contribution >= 0.6 is 0 Å². The van der Waals surface area contributed by atoms with Crippen LogP contribution in [-0.2, 0) is 4.74 Å². The van der Waals surface area contributed by atoms with E-state index in [4.69, 9.17) is 23.8 Å². The Kier molecular flexibility index (Phi) is 12.6. The minimum Gasteiger partial charge on any atom is -0.569 e. The summed E-state index contributed by atoms with van der Waals surface area (Å²) in [5, 5.41) is 40.4. The summed E-state index contributed by atoms with van der Waals surface area (Å²) in [6.07, 6.45) is 7.26. The standard InChI is InChI=1S/C32H35N5O11/c1-3-4-5-6-16-46-29-13-11-23(19-32(29)44-2)10-12-28(38)24-8-7-9-25(20-24)47-30-22-31(27(36(41)42)21-26(30)35(39)40)48-33-37(43)34-14-17-45-18-15-34/h7-13,19-22H,3-6,14-18H2,1-2H3/b12-10+,37-33-. The van der Waals surface area contributed by atoms with Crippen LogP contribution in [0.3, 0.4) is 0 Å². The van der Waals surface area contributed by atoms with Crippen molar-refractivity contribution in [2.75, 3.05) is 40.0 Å². The summed E-state index contributed by atoms with van der Waals surface area (Å²) >= 11 is 0. The summed E-state index contributed by atoms with van der Waals surface area (Å²) in [5.74, 6) is -0.259. The normalized spacial score (nSPS) is 13.3. The van der Waals surface area contributed by atoms with Gasteiger partial charge in [-0.25, -0.2) is 0 Å². The van der Waals surface area contributed by atoms with Gasteiger partial charge in [-0.05, 0) is 42.3 Å². The topological polar surface area (TPSA) is 191 Å². The van der Waals surface area contributed by atoms with E-state index in [-0.39, 0.29) is 42.6 Å². The van der Waals surface area contributed by atoms with E-state index in [1.807, 2.05) is 0 Å². The number of ketones is 1. The first-order chi connectivity index (χ1) is 23.2. The third-order valence-corrected chi connectivity index (χ3v) is 7.09. The zero-order chi connectivity index (χ0) is 34.5. The van der Waals surface area contributed by atoms with Gasteiger partial charge in [-0.3, -0.25) is 29.9 Å². The minimum absolute atomic E-state index is 0.0231. The molecule has 1 heterocycles. The monoisotopic (exact) mass is 665 g/mol. The number of unbranched alkanes of at least 4 members (excludes halogenated alkanes) is 3. The van der Waals surface area contributed by atoms with Crippen molar-refractivity contribution in [1.29, 1.82) is 0 Å². The number of nitro benzene ring substituents is 2. The van der Waals surface area contributed by atoms with Crippen LogP contribution in [0.15, 0.2) is 66.0 Å². The number of rotatable bonds is 17. The molecule has 1 fully saturated rings. The number of hydrogen-bond donors (Lipinski definition) is 0. The fourth-order valence-electron chi connectivity index (χ4n) is 4.56. The maximum atomic E-state index is 13.0. The Morgan fingerprint density at radius 1 is 0.917 bits per heavy atom. The van der Waals surface area contributed by atoms with E-state index < -0.39 is 38.5 Å². The van der Waals surface area contributed by atoms with Gasteiger partial charge in [-0.15, -0.1) is 5.01 Å². The zero-order valence-corrected chi connectivity index (χ0v) is 26.4. The lowest BCUT2D eigenvalue weighted by Crippen LogP contribution is -2.40. The molecule has 0 atom stereocenters. The van der Waals surface area contributed by atoms with Gasteiger partial charge in [-0.2, -0.15) is 0 Å². The molecule has 0 radical (unpaired) electrons. The quantitative estimate of drug-likeness (QED) is 0.0284. The first-order valence-corrected chi connectivity index (χ1v) is 15.2. The Hall–Kier alpha value is -5.77. The van der Waals surface area contributed by atoms with Crippen molar-refractivity contribution in [1.82, 2.24) is 5.01 Å². The number of benzene rings is 3. The van der Waals surface area contributed by atoms with E-state index in [0.717, 1.165) is 31.7 Å². The van der Waals surface area contributed by atoms with E-state index in [1.54, 1.807) is 24.3 Å². The van der Waals surface area contributed by atoms with E-state index in [2.05, 4.69) is 12.2 Å². The van der Waals surface area contributed by atoms with E-state index >= 15 is 0 Å². The molecule has 0 aliphatic carbocycles. The molecular weight excluding hydrogens is 630 g/mol. The molecule has 0 aromatic heterocycles. The van der Waals surface area contributed by atoms with Crippen molar-refractivity contribution in [2.24, 2.45) is 5.28 Å². The van der Waals surface area contributed by atoms with Crippen molar-refractivity contribution < 1.29 is 43.4 Å². The summed E-state index contributed by atoms with van der Waals surface area (Å²) in [5.41, 5.74) is -0.674. The van der Waals surface area contributed by atoms with Crippen LogP contribution in [0.5, 0.6) is 28.7 Å². The molecule has 1 aliphatic heterocycles. The summed E-state index contributed by atoms with van der Waals surface area (Å²) in [7, 11) is 1.53. The van der Waals surface area contributed by atoms with Crippen LogP contribution in [-0.4, -0.2) is 65.6 Å². The van der Waals surface area contributed by atoms with Crippen LogP contribution in [0.2, 0.25) is 0 Å². The number of carbonyl (C=O) groups excluding carboxylic acids is 1. The predicted molar refractivity (Wildman–Crippen MR) is 171 cm³/mol. The Morgan fingerprint density at radius 2 is 1.67 bits per heavy atom. The molecule has 4 rings (SSSR count). The molecule has 0 spiro atoms. The van der Waals surface area contributed by atoms with Gasteiger partial charge in [0.1, 0.15) is 24.9 Å². The minimum atomic E-state index is -0.915. The molecular formula is C32H35N5O11. The van der Waals surface area contributed by atoms with Crippen molar-refractivity contribution >= 4 is 23.2 Å². The van der Waals surface area contributed by atoms with Gasteiger partial charge in [0.15, 0.2) is 17.3 Å². The summed E-state index contributed by atoms with van der Waals surface area (Å²) in [6, 6.07) is 12.7. The van der Waals surface area contributed by atoms with Crippen molar-refractivity contribution in [3.05, 3.63) is 97.2 Å². The highest BCUT2D eigenvalue weighted by Crippen LogP contribution is 2.41. The third kappa shape index (κ3) is 9.62. The average Bonchev–Trinajstić information content (AvgIpc) is 3.09. The Balaban J connectivity index is 1.51. The number of nitrogens with zero attached hydrogens (tertiary/aromatic N) is 5. The average molecular weight is 666 g/mol. The van der Waals surface area contributed by atoms with E-state index in [1.165, 1.54) is 42.5 Å². The molecule has 16 nitrogen and oxygen atoms in total. The fourth-order valence-corrected chi connectivity index (χ4v) is 4.56. The molecule has 1 aliphatic rings. The lowest BCUT2D eigenvalue weighted by molar-refractivity contribution is -0.710. The molecule has 0 N–H and O–H groups in total. The van der Waals surface area contributed by atoms with Gasteiger partial charge in [0.2, 0.25) is 16.8 Å². The number of methoxy groups -OCH3 is 1. The van der Waals surface area contributed by atoms with Gasteiger partial charge in [0.05, 0.1) is 41.7 Å². The highest BCUT2D eigenvalue weighted by Gasteiger charge is 2.29. The summed E-state index contributed by atoms with van der Waals surface area (Å²) < 4.78 is 22.2. The fraction of sp³-hybridized carbons (Fsp3) is 0.344. The van der Waals surface area contributed by atoms with Crippen LogP contribution in [0, 0.1) is 25.4 Å². The Bertz CT molecular complexity index is 1670. The van der Waals surface area contributed by atoms with Crippen LogP contribution in [0.4, 0.5) is 11.4 Å². The number of hydrogen-bond acceptors (Lipinski definition) is 12. The molecule has 0 bridgehead atoms. The maximum Gasteiger partial charge on any atom is 0.321 e. The number of nitro groups is 2. The number of ether oxygens (including phenoxy) is 4. The van der Waals surface area contributed by atoms with Crippen molar-refractivity contribution in [3.63, 3.8) is 0 Å². The lowest BCUT2D eigenvalue weighted by Gasteiger charge is -2.21. The van der Waals surface area contributed by atoms with Crippen molar-refractivity contribution in [3.8, 4) is 28.7 Å². The van der Waals surface area contributed by atoms with E-state index in [9.17, 15) is 30.2 Å². The summed E-state index contributed by atoms with van der Waals surface area (Å²) in [4.78, 5) is 39.9. The third-order valence-electron chi connectivity index (χ3n) is 7.09. The molecule has 0 saturated carbocycles. The maximum absolute atomic E-state index is 13.0. The van der Waals surface area contributed by atoms with E-state index in [0.29, 0.717) is 29.7 Å². The Morgan fingerprint density at radius 3 is 2.38 bits per heavy atom. The SMILES string of the molecule is CCCCCCOc1ccc(/C=C/C(=O)c2cccc(Oc3cc(O/N=[N+](\[O-])N4CCOCC4)c([N+](=O)[O-])cc3[N+](=O)[O-])c2)cc1OC. The number of carbonyl (C=O) groups is 1. The molecule has 0 unspecified atom stereocenters. The molecule has 0 amide bonds. The molecule has 3 aromatic rings. The second-order valence-corrected chi connectivity index (χ2v) is 10.4. The van der Waals surface area contributed by atoms with Gasteiger partial charge in [0, 0.05) is 11.6 Å². The zero-order valence-electron chi connectivity index (χ0n) is 26.4. The van der Waals surface area contributed by atoms with Gasteiger partial charge in [-0.1, -0.05) is 50.5 Å². The summed E-state index contributed by atoms with van der Waals surface area (Å²) in [6.45, 7) is 3.69. The number of hydrazine groups is 1. The van der Waals surface area contributed by atoms with Crippen LogP contribution in [0.25, 0.3) is 6.08 Å². The number of allylic oxidation sites excluding steroid dienone is 1. The predicted octanol–water partition coefficient (Wildman–Crippen LogP) is 6.66. The van der Waals surface area contributed by atoms with Gasteiger partial charge < -0.3 is 24.2 Å². The lowest BCUT2D eigenvalue weighted by atomic mass is 10.1. The second-order valence-electron chi connectivity index (χ2n) is 10.4. The first kappa shape index (κ1) is 35.1. The molecule has 254 valence electrons. The first-order valence-electron chi connectivity index (χ1n) is 15.2. The molecule has 1 saturated heterocycles. The van der Waals surface area contributed by atoms with Crippen molar-refractivity contribution in [2.45, 2.75) is 32.6 Å². The smallest absolute Gasteiger partial charge is 0.321 e. The molecule has 16 heteroatoms. The Labute approximate surface area is 275 Å². The highest BCUT2D eigenvalue weighted by molar-refractivity contribution is 6.07.